The summed E-state index contributed by atoms with van der Waals surface area (Å²) in [4.78, 5) is 17.3. The van der Waals surface area contributed by atoms with Gasteiger partial charge in [0.25, 0.3) is 5.91 Å². The number of hydrogen-bond acceptors (Lipinski definition) is 4. The Morgan fingerprint density at radius 2 is 1.89 bits per heavy atom. The molecule has 1 saturated heterocycles. The van der Waals surface area contributed by atoms with Crippen molar-refractivity contribution in [2.45, 2.75) is 20.0 Å². The van der Waals surface area contributed by atoms with Crippen molar-refractivity contribution in [3.8, 4) is 5.75 Å². The van der Waals surface area contributed by atoms with Crippen LogP contribution in [0.1, 0.15) is 12.5 Å². The molecule has 2 aromatic rings. The van der Waals surface area contributed by atoms with Gasteiger partial charge in [0, 0.05) is 31.2 Å². The molecule has 0 spiro atoms. The normalized spacial score (nSPS) is 16.1. The summed E-state index contributed by atoms with van der Waals surface area (Å²) in [5, 5.41) is 3.58. The van der Waals surface area contributed by atoms with E-state index in [1.54, 1.807) is 13.0 Å². The minimum Gasteiger partial charge on any atom is -0.481 e. The Bertz CT molecular complexity index is 804. The van der Waals surface area contributed by atoms with Crippen LogP contribution >= 0.6 is 11.6 Å². The van der Waals surface area contributed by atoms with Crippen LogP contribution in [0.5, 0.6) is 5.75 Å². The fourth-order valence-electron chi connectivity index (χ4n) is 3.11. The molecule has 1 fully saturated rings. The molecular weight excluding hydrogens is 362 g/mol. The van der Waals surface area contributed by atoms with Gasteiger partial charge in [0.2, 0.25) is 0 Å². The number of aryl methyl sites for hydroxylation is 1. The Balaban J connectivity index is 1.72. The molecule has 0 unspecified atom stereocenters. The number of rotatable bonds is 5. The summed E-state index contributed by atoms with van der Waals surface area (Å²) in [5.41, 5.74) is 2.80. The van der Waals surface area contributed by atoms with Gasteiger partial charge in [-0.1, -0.05) is 23.7 Å². The van der Waals surface area contributed by atoms with Crippen molar-refractivity contribution in [3.05, 3.63) is 53.1 Å². The van der Waals surface area contributed by atoms with Crippen LogP contribution in [-0.2, 0) is 4.79 Å². The predicted molar refractivity (Wildman–Crippen MR) is 111 cm³/mol. The molecular formula is C21H26ClN3O2. The third-order valence-electron chi connectivity index (χ3n) is 4.73. The molecule has 0 bridgehead atoms. The predicted octanol–water partition coefficient (Wildman–Crippen LogP) is 3.81. The number of amides is 1. The highest BCUT2D eigenvalue weighted by Gasteiger charge is 2.21. The van der Waals surface area contributed by atoms with Crippen LogP contribution in [0.4, 0.5) is 11.4 Å². The summed E-state index contributed by atoms with van der Waals surface area (Å²) in [7, 11) is 2.12. The highest BCUT2D eigenvalue weighted by Crippen LogP contribution is 2.30. The number of carbonyl (C=O) groups excluding carboxylic acids is 1. The molecule has 6 heteroatoms. The SMILES string of the molecule is Cc1cccc(O[C@H](C)C(=O)Nc2cc(Cl)ccc2N2CCN(C)CC2)c1. The summed E-state index contributed by atoms with van der Waals surface area (Å²) >= 11 is 6.18. The lowest BCUT2D eigenvalue weighted by atomic mass is 10.2. The number of anilines is 2. The Labute approximate surface area is 165 Å². The first-order valence-electron chi connectivity index (χ1n) is 9.19. The average molecular weight is 388 g/mol. The lowest BCUT2D eigenvalue weighted by molar-refractivity contribution is -0.122. The summed E-state index contributed by atoms with van der Waals surface area (Å²) in [5.74, 6) is 0.484. The van der Waals surface area contributed by atoms with Gasteiger partial charge in [-0.05, 0) is 56.8 Å². The van der Waals surface area contributed by atoms with Crippen molar-refractivity contribution in [2.24, 2.45) is 0 Å². The molecule has 1 heterocycles. The number of hydrogen-bond donors (Lipinski definition) is 1. The minimum atomic E-state index is -0.619. The molecule has 0 saturated carbocycles. The largest absolute Gasteiger partial charge is 0.481 e. The van der Waals surface area contributed by atoms with E-state index in [0.717, 1.165) is 43.1 Å². The molecule has 5 nitrogen and oxygen atoms in total. The second-order valence-electron chi connectivity index (χ2n) is 7.02. The third-order valence-corrected chi connectivity index (χ3v) is 4.97. The fraction of sp³-hybridized carbons (Fsp3) is 0.381. The maximum absolute atomic E-state index is 12.7. The van der Waals surface area contributed by atoms with Gasteiger partial charge in [-0.25, -0.2) is 0 Å². The zero-order chi connectivity index (χ0) is 19.4. The highest BCUT2D eigenvalue weighted by atomic mass is 35.5. The van der Waals surface area contributed by atoms with Crippen LogP contribution in [-0.4, -0.2) is 50.1 Å². The molecule has 27 heavy (non-hydrogen) atoms. The van der Waals surface area contributed by atoms with E-state index in [0.29, 0.717) is 10.8 Å². The molecule has 1 amide bonds. The first-order valence-corrected chi connectivity index (χ1v) is 9.57. The van der Waals surface area contributed by atoms with E-state index in [2.05, 4.69) is 22.2 Å². The van der Waals surface area contributed by atoms with Crippen molar-refractivity contribution >= 4 is 28.9 Å². The van der Waals surface area contributed by atoms with E-state index in [1.165, 1.54) is 0 Å². The van der Waals surface area contributed by atoms with Gasteiger partial charge in [0.1, 0.15) is 5.75 Å². The van der Waals surface area contributed by atoms with Gasteiger partial charge >= 0.3 is 0 Å². The summed E-state index contributed by atoms with van der Waals surface area (Å²) in [6.07, 6.45) is -0.619. The lowest BCUT2D eigenvalue weighted by Gasteiger charge is -2.35. The molecule has 1 N–H and O–H groups in total. The van der Waals surface area contributed by atoms with Crippen molar-refractivity contribution in [2.75, 3.05) is 43.4 Å². The van der Waals surface area contributed by atoms with E-state index in [1.807, 2.05) is 43.3 Å². The molecule has 144 valence electrons. The molecule has 3 rings (SSSR count). The Hall–Kier alpha value is -2.24. The van der Waals surface area contributed by atoms with Gasteiger partial charge in [0.05, 0.1) is 11.4 Å². The fourth-order valence-corrected chi connectivity index (χ4v) is 3.28. The first-order chi connectivity index (χ1) is 12.9. The number of carbonyl (C=O) groups is 1. The second kappa shape index (κ2) is 8.63. The van der Waals surface area contributed by atoms with Crippen LogP contribution in [0.15, 0.2) is 42.5 Å². The average Bonchev–Trinajstić information content (AvgIpc) is 2.63. The molecule has 0 aromatic heterocycles. The number of halogens is 1. The van der Waals surface area contributed by atoms with E-state index in [-0.39, 0.29) is 5.91 Å². The maximum atomic E-state index is 12.7. The summed E-state index contributed by atoms with van der Waals surface area (Å²) in [6, 6.07) is 13.3. The van der Waals surface area contributed by atoms with Crippen molar-refractivity contribution in [3.63, 3.8) is 0 Å². The lowest BCUT2D eigenvalue weighted by Crippen LogP contribution is -2.44. The standard InChI is InChI=1S/C21H26ClN3O2/c1-15-5-4-6-18(13-15)27-16(2)21(26)23-19-14-17(22)7-8-20(19)25-11-9-24(3)10-12-25/h4-8,13-14,16H,9-12H2,1-3H3,(H,23,26)/t16-/m1/s1. The number of benzene rings is 2. The van der Waals surface area contributed by atoms with E-state index >= 15 is 0 Å². The van der Waals surface area contributed by atoms with Crippen LogP contribution in [0.3, 0.4) is 0 Å². The molecule has 2 aromatic carbocycles. The smallest absolute Gasteiger partial charge is 0.265 e. The molecule has 0 aliphatic carbocycles. The van der Waals surface area contributed by atoms with Gasteiger partial charge in [0.15, 0.2) is 6.10 Å². The minimum absolute atomic E-state index is 0.200. The number of ether oxygens (including phenoxy) is 1. The van der Waals surface area contributed by atoms with Gasteiger partial charge in [-0.3, -0.25) is 4.79 Å². The zero-order valence-corrected chi connectivity index (χ0v) is 16.8. The third kappa shape index (κ3) is 5.15. The Morgan fingerprint density at radius 1 is 1.15 bits per heavy atom. The van der Waals surface area contributed by atoms with Crippen LogP contribution in [0.25, 0.3) is 0 Å². The molecule has 1 aliphatic rings. The zero-order valence-electron chi connectivity index (χ0n) is 16.0. The van der Waals surface area contributed by atoms with Crippen LogP contribution in [0, 0.1) is 6.92 Å². The number of piperazine rings is 1. The molecule has 1 aliphatic heterocycles. The van der Waals surface area contributed by atoms with E-state index in [4.69, 9.17) is 16.3 Å². The van der Waals surface area contributed by atoms with E-state index in [9.17, 15) is 4.79 Å². The van der Waals surface area contributed by atoms with Crippen LogP contribution < -0.4 is 15.0 Å². The van der Waals surface area contributed by atoms with Gasteiger partial charge in [-0.15, -0.1) is 0 Å². The number of nitrogens with zero attached hydrogens (tertiary/aromatic N) is 2. The van der Waals surface area contributed by atoms with Crippen molar-refractivity contribution < 1.29 is 9.53 Å². The quantitative estimate of drug-likeness (QED) is 0.847. The maximum Gasteiger partial charge on any atom is 0.265 e. The summed E-state index contributed by atoms with van der Waals surface area (Å²) < 4.78 is 5.79. The van der Waals surface area contributed by atoms with Crippen LogP contribution in [0.2, 0.25) is 5.02 Å². The molecule has 1 atom stereocenters. The Kier molecular flexibility index (Phi) is 6.24. The first kappa shape index (κ1) is 19.5. The monoisotopic (exact) mass is 387 g/mol. The van der Waals surface area contributed by atoms with Crippen molar-refractivity contribution in [1.29, 1.82) is 0 Å². The number of likely N-dealkylation sites (N-methyl/N-ethyl adjacent to an activating group) is 1. The highest BCUT2D eigenvalue weighted by molar-refractivity contribution is 6.31. The Morgan fingerprint density at radius 3 is 2.59 bits per heavy atom. The van der Waals surface area contributed by atoms with Gasteiger partial charge < -0.3 is 19.9 Å². The number of nitrogens with one attached hydrogen (secondary N) is 1. The van der Waals surface area contributed by atoms with Gasteiger partial charge in [-0.2, -0.15) is 0 Å². The molecule has 0 radical (unpaired) electrons. The summed E-state index contributed by atoms with van der Waals surface area (Å²) in [6.45, 7) is 7.54. The topological polar surface area (TPSA) is 44.8 Å². The second-order valence-corrected chi connectivity index (χ2v) is 7.45. The van der Waals surface area contributed by atoms with Crippen molar-refractivity contribution in [1.82, 2.24) is 4.90 Å². The van der Waals surface area contributed by atoms with E-state index < -0.39 is 6.10 Å².